The summed E-state index contributed by atoms with van der Waals surface area (Å²) in [6.07, 6.45) is 5.16. The number of ether oxygens (including phenoxy) is 1. The lowest BCUT2D eigenvalue weighted by Gasteiger charge is -2.39. The van der Waals surface area contributed by atoms with Gasteiger partial charge in [0.2, 0.25) is 0 Å². The van der Waals surface area contributed by atoms with Crippen LogP contribution in [-0.2, 0) is 17.9 Å². The van der Waals surface area contributed by atoms with Crippen molar-refractivity contribution in [2.24, 2.45) is 5.92 Å². The molecule has 1 aliphatic carbocycles. The molecule has 5 nitrogen and oxygen atoms in total. The van der Waals surface area contributed by atoms with Crippen molar-refractivity contribution in [1.29, 1.82) is 0 Å². The van der Waals surface area contributed by atoms with Crippen LogP contribution in [0.4, 0.5) is 4.79 Å². The summed E-state index contributed by atoms with van der Waals surface area (Å²) >= 11 is 6.12. The molecule has 1 saturated carbocycles. The molecular formula is C36H46ClN3O2. The second kappa shape index (κ2) is 15.0. The lowest BCUT2D eigenvalue weighted by Crippen LogP contribution is -2.48. The zero-order valence-corrected chi connectivity index (χ0v) is 26.0. The van der Waals surface area contributed by atoms with E-state index in [0.29, 0.717) is 24.5 Å². The van der Waals surface area contributed by atoms with Crippen LogP contribution >= 0.6 is 11.6 Å². The van der Waals surface area contributed by atoms with Gasteiger partial charge in [-0.3, -0.25) is 4.90 Å². The summed E-state index contributed by atoms with van der Waals surface area (Å²) in [4.78, 5) is 20.3. The van der Waals surface area contributed by atoms with E-state index in [0.717, 1.165) is 62.6 Å². The Bertz CT molecular complexity index is 1230. The molecule has 0 aromatic heterocycles. The molecule has 3 unspecified atom stereocenters. The van der Waals surface area contributed by atoms with Gasteiger partial charge in [0.25, 0.3) is 0 Å². The largest absolute Gasteiger partial charge is 0.445 e. The third-order valence-electron chi connectivity index (χ3n) is 9.26. The molecule has 1 saturated heterocycles. The molecule has 2 aliphatic rings. The van der Waals surface area contributed by atoms with Crippen LogP contribution in [-0.4, -0.2) is 66.1 Å². The molecule has 2 fully saturated rings. The zero-order valence-electron chi connectivity index (χ0n) is 25.2. The molecule has 1 heterocycles. The van der Waals surface area contributed by atoms with Gasteiger partial charge in [-0.05, 0) is 79.8 Å². The maximum Gasteiger partial charge on any atom is 0.410 e. The molecule has 0 radical (unpaired) electrons. The summed E-state index contributed by atoms with van der Waals surface area (Å²) in [5, 5.41) is 0.789. The number of hydrogen-bond acceptors (Lipinski definition) is 4. The number of halogens is 1. The maximum absolute atomic E-state index is 13.1. The van der Waals surface area contributed by atoms with Crippen molar-refractivity contribution in [3.63, 3.8) is 0 Å². The standard InChI is InChI=1S/C36H46ClN3O2/c1-3-20-40(36(41)42-27-29-10-6-4-7-11-29)33-18-21-39(22-19-33)26-31-23-34(24-35(31)30-12-8-5-9-13-30)38(2)25-28-14-16-32(37)17-15-28/h4-17,31,33-35H,3,18-27H2,1-2H3. The number of piperidine rings is 1. The van der Waals surface area contributed by atoms with Crippen LogP contribution in [0.25, 0.3) is 0 Å². The first-order valence-electron chi connectivity index (χ1n) is 15.7. The van der Waals surface area contributed by atoms with Crippen LogP contribution in [0.3, 0.4) is 0 Å². The number of amides is 1. The van der Waals surface area contributed by atoms with Gasteiger partial charge < -0.3 is 14.5 Å². The van der Waals surface area contributed by atoms with E-state index in [4.69, 9.17) is 16.3 Å². The predicted molar refractivity (Wildman–Crippen MR) is 172 cm³/mol. The molecule has 42 heavy (non-hydrogen) atoms. The van der Waals surface area contributed by atoms with Crippen molar-refractivity contribution in [2.75, 3.05) is 33.2 Å². The van der Waals surface area contributed by atoms with Crippen molar-refractivity contribution in [3.05, 3.63) is 107 Å². The lowest BCUT2D eigenvalue weighted by molar-refractivity contribution is 0.0576. The van der Waals surface area contributed by atoms with Gasteiger partial charge >= 0.3 is 6.09 Å². The number of benzene rings is 3. The molecular weight excluding hydrogens is 542 g/mol. The van der Waals surface area contributed by atoms with Crippen molar-refractivity contribution in [1.82, 2.24) is 14.7 Å². The average molecular weight is 588 g/mol. The van der Waals surface area contributed by atoms with Crippen molar-refractivity contribution in [2.45, 2.75) is 70.2 Å². The fourth-order valence-corrected chi connectivity index (χ4v) is 7.11. The van der Waals surface area contributed by atoms with Gasteiger partial charge in [0.15, 0.2) is 0 Å². The Morgan fingerprint density at radius 3 is 2.21 bits per heavy atom. The maximum atomic E-state index is 13.1. The quantitative estimate of drug-likeness (QED) is 0.229. The van der Waals surface area contributed by atoms with Crippen molar-refractivity contribution >= 4 is 17.7 Å². The minimum atomic E-state index is -0.175. The summed E-state index contributed by atoms with van der Waals surface area (Å²) < 4.78 is 5.74. The van der Waals surface area contributed by atoms with Gasteiger partial charge in [-0.25, -0.2) is 4.79 Å². The molecule has 0 bridgehead atoms. The van der Waals surface area contributed by atoms with Crippen LogP contribution in [0.1, 0.15) is 61.6 Å². The number of carbonyl (C=O) groups is 1. The van der Waals surface area contributed by atoms with Gasteiger partial charge in [-0.1, -0.05) is 91.3 Å². The fourth-order valence-electron chi connectivity index (χ4n) is 6.98. The summed E-state index contributed by atoms with van der Waals surface area (Å²) in [5.41, 5.74) is 3.80. The van der Waals surface area contributed by atoms with E-state index in [1.165, 1.54) is 24.0 Å². The van der Waals surface area contributed by atoms with Crippen LogP contribution < -0.4 is 0 Å². The third-order valence-corrected chi connectivity index (χ3v) is 9.51. The first-order chi connectivity index (χ1) is 20.5. The molecule has 6 heteroatoms. The SMILES string of the molecule is CCCN(C(=O)OCc1ccccc1)C1CCN(CC2CC(N(C)Cc3ccc(Cl)cc3)CC2c2ccccc2)CC1. The highest BCUT2D eigenvalue weighted by Gasteiger charge is 2.38. The lowest BCUT2D eigenvalue weighted by atomic mass is 9.88. The van der Waals surface area contributed by atoms with Gasteiger partial charge in [0.1, 0.15) is 6.61 Å². The third kappa shape index (κ3) is 8.15. The molecule has 1 amide bonds. The topological polar surface area (TPSA) is 36.0 Å². The average Bonchev–Trinajstić information content (AvgIpc) is 3.45. The van der Waals surface area contributed by atoms with Crippen molar-refractivity contribution < 1.29 is 9.53 Å². The zero-order chi connectivity index (χ0) is 29.3. The van der Waals surface area contributed by atoms with E-state index in [1.54, 1.807) is 0 Å². The number of hydrogen-bond donors (Lipinski definition) is 0. The molecule has 0 N–H and O–H groups in total. The molecule has 1 aliphatic heterocycles. The summed E-state index contributed by atoms with van der Waals surface area (Å²) in [6.45, 7) is 7.32. The Morgan fingerprint density at radius 2 is 1.55 bits per heavy atom. The minimum absolute atomic E-state index is 0.175. The van der Waals surface area contributed by atoms with Crippen LogP contribution in [0, 0.1) is 5.92 Å². The first-order valence-corrected chi connectivity index (χ1v) is 16.1. The Balaban J connectivity index is 1.18. The van der Waals surface area contributed by atoms with Gasteiger partial charge in [-0.2, -0.15) is 0 Å². The number of rotatable bonds is 11. The second-order valence-electron chi connectivity index (χ2n) is 12.2. The smallest absolute Gasteiger partial charge is 0.410 e. The highest BCUT2D eigenvalue weighted by Crippen LogP contribution is 2.42. The van der Waals surface area contributed by atoms with E-state index < -0.39 is 0 Å². The van der Waals surface area contributed by atoms with E-state index in [1.807, 2.05) is 47.4 Å². The van der Waals surface area contributed by atoms with Gasteiger partial charge in [0.05, 0.1) is 0 Å². The minimum Gasteiger partial charge on any atom is -0.445 e. The Labute approximate surface area is 257 Å². The van der Waals surface area contributed by atoms with E-state index in [2.05, 4.69) is 66.2 Å². The van der Waals surface area contributed by atoms with Gasteiger partial charge in [-0.15, -0.1) is 0 Å². The van der Waals surface area contributed by atoms with Crippen molar-refractivity contribution in [3.8, 4) is 0 Å². The number of likely N-dealkylation sites (tertiary alicyclic amines) is 1. The molecule has 0 spiro atoms. The number of carbonyl (C=O) groups excluding carboxylic acids is 1. The first kappa shape index (κ1) is 30.6. The molecule has 5 rings (SSSR count). The van der Waals surface area contributed by atoms with Crippen LogP contribution in [0.5, 0.6) is 0 Å². The van der Waals surface area contributed by atoms with E-state index >= 15 is 0 Å². The van der Waals surface area contributed by atoms with Crippen LogP contribution in [0.2, 0.25) is 5.02 Å². The molecule has 3 aromatic rings. The van der Waals surface area contributed by atoms with Gasteiger partial charge in [0, 0.05) is 49.8 Å². The fraction of sp³-hybridized carbons (Fsp3) is 0.472. The summed E-state index contributed by atoms with van der Waals surface area (Å²) in [5.74, 6) is 1.18. The Kier molecular flexibility index (Phi) is 11.0. The van der Waals surface area contributed by atoms with E-state index in [-0.39, 0.29) is 12.1 Å². The highest BCUT2D eigenvalue weighted by atomic mass is 35.5. The summed E-state index contributed by atoms with van der Waals surface area (Å²) in [7, 11) is 2.27. The highest BCUT2D eigenvalue weighted by molar-refractivity contribution is 6.30. The molecule has 224 valence electrons. The monoisotopic (exact) mass is 587 g/mol. The second-order valence-corrected chi connectivity index (χ2v) is 12.6. The van der Waals surface area contributed by atoms with E-state index in [9.17, 15) is 4.79 Å². The molecule has 3 aromatic carbocycles. The Hall–Kier alpha value is -2.86. The normalized spacial score (nSPS) is 21.5. The predicted octanol–water partition coefficient (Wildman–Crippen LogP) is 7.85. The molecule has 3 atom stereocenters. The number of nitrogens with zero attached hydrogens (tertiary/aromatic N) is 3. The summed E-state index contributed by atoms with van der Waals surface area (Å²) in [6, 6.07) is 30.1. The Morgan fingerprint density at radius 1 is 0.881 bits per heavy atom. The van der Waals surface area contributed by atoms with Crippen LogP contribution in [0.15, 0.2) is 84.9 Å².